The fourth-order valence-corrected chi connectivity index (χ4v) is 2.88. The van der Waals surface area contributed by atoms with Gasteiger partial charge in [0.25, 0.3) is 0 Å². The number of ether oxygens (including phenoxy) is 3. The van der Waals surface area contributed by atoms with Gasteiger partial charge in [-0.1, -0.05) is 0 Å². The zero-order chi connectivity index (χ0) is 19.7. The third-order valence-corrected chi connectivity index (χ3v) is 4.26. The van der Waals surface area contributed by atoms with Crippen molar-refractivity contribution in [1.82, 2.24) is 0 Å². The van der Waals surface area contributed by atoms with Crippen molar-refractivity contribution in [3.05, 3.63) is 40.2 Å². The minimum absolute atomic E-state index is 0.0542. The Balaban J connectivity index is 1.86. The first kappa shape index (κ1) is 19.3. The molecule has 4 unspecified atom stereocenters. The maximum absolute atomic E-state index is 11.9. The van der Waals surface area contributed by atoms with Crippen LogP contribution in [0, 0.1) is 6.92 Å². The summed E-state index contributed by atoms with van der Waals surface area (Å²) in [6, 6.07) is 6.00. The molecular formula is C18H20O9. The molecule has 1 aromatic carbocycles. The molecule has 9 heteroatoms. The third kappa shape index (κ3) is 3.81. The van der Waals surface area contributed by atoms with Gasteiger partial charge < -0.3 is 33.9 Å². The molecule has 0 amide bonds. The number of rotatable bonds is 4. The van der Waals surface area contributed by atoms with Crippen molar-refractivity contribution in [3.8, 4) is 5.75 Å². The molecule has 0 radical (unpaired) electrons. The molecule has 1 aliphatic rings. The Labute approximate surface area is 153 Å². The van der Waals surface area contributed by atoms with Gasteiger partial charge in [0.15, 0.2) is 6.10 Å². The summed E-state index contributed by atoms with van der Waals surface area (Å²) in [6.45, 7) is 3.39. The molecule has 27 heavy (non-hydrogen) atoms. The number of esters is 1. The number of benzene rings is 1. The predicted octanol–water partition coefficient (Wildman–Crippen LogP) is -0.149. The summed E-state index contributed by atoms with van der Waals surface area (Å²) in [4.78, 5) is 23.4. The number of aliphatic hydroxyl groups is 3. The first-order valence-corrected chi connectivity index (χ1v) is 8.39. The number of aliphatic hydroxyl groups excluding tert-OH is 3. The molecule has 2 heterocycles. The van der Waals surface area contributed by atoms with Gasteiger partial charge in [0.1, 0.15) is 29.6 Å². The van der Waals surface area contributed by atoms with E-state index in [9.17, 15) is 24.9 Å². The molecule has 0 saturated carbocycles. The van der Waals surface area contributed by atoms with E-state index in [0.717, 1.165) is 5.56 Å². The van der Waals surface area contributed by atoms with Gasteiger partial charge in [-0.15, -0.1) is 0 Å². The van der Waals surface area contributed by atoms with Gasteiger partial charge >= 0.3 is 11.6 Å². The van der Waals surface area contributed by atoms with E-state index in [2.05, 4.69) is 0 Å². The van der Waals surface area contributed by atoms with Gasteiger partial charge in [0.05, 0.1) is 6.61 Å². The molecule has 0 bridgehead atoms. The summed E-state index contributed by atoms with van der Waals surface area (Å²) in [6.07, 6.45) is -7.94. The first-order chi connectivity index (χ1) is 12.8. The van der Waals surface area contributed by atoms with Crippen LogP contribution in [-0.4, -0.2) is 58.6 Å². The second kappa shape index (κ2) is 7.65. The molecule has 1 aromatic heterocycles. The Bertz CT molecular complexity index is 890. The predicted molar refractivity (Wildman–Crippen MR) is 91.2 cm³/mol. The van der Waals surface area contributed by atoms with Gasteiger partial charge in [0, 0.05) is 17.5 Å². The van der Waals surface area contributed by atoms with E-state index >= 15 is 0 Å². The van der Waals surface area contributed by atoms with E-state index in [4.69, 9.17) is 18.6 Å². The molecule has 3 rings (SSSR count). The minimum atomic E-state index is -1.68. The molecule has 9 nitrogen and oxygen atoms in total. The largest absolute Gasteiger partial charge is 0.464 e. The van der Waals surface area contributed by atoms with Gasteiger partial charge in [-0.3, -0.25) is 0 Å². The van der Waals surface area contributed by atoms with E-state index in [1.807, 2.05) is 0 Å². The average molecular weight is 380 g/mol. The molecule has 2 aromatic rings. The summed E-state index contributed by atoms with van der Waals surface area (Å²) < 4.78 is 20.8. The van der Waals surface area contributed by atoms with Crippen LogP contribution in [0.3, 0.4) is 0 Å². The van der Waals surface area contributed by atoms with E-state index in [1.165, 1.54) is 12.1 Å². The van der Waals surface area contributed by atoms with Gasteiger partial charge in [-0.05, 0) is 31.5 Å². The summed E-state index contributed by atoms with van der Waals surface area (Å²) in [7, 11) is 0. The summed E-state index contributed by atoms with van der Waals surface area (Å²) in [5.41, 5.74) is 0.472. The van der Waals surface area contributed by atoms with Crippen LogP contribution in [0.25, 0.3) is 11.0 Å². The lowest BCUT2D eigenvalue weighted by atomic mass is 9.99. The lowest BCUT2D eigenvalue weighted by Crippen LogP contribution is -2.61. The first-order valence-electron chi connectivity index (χ1n) is 8.39. The number of aryl methyl sites for hydroxylation is 1. The maximum Gasteiger partial charge on any atom is 0.338 e. The molecule has 0 spiro atoms. The van der Waals surface area contributed by atoms with E-state index < -0.39 is 42.3 Å². The van der Waals surface area contributed by atoms with Crippen molar-refractivity contribution < 1.29 is 38.7 Å². The van der Waals surface area contributed by atoms with Gasteiger partial charge in [-0.2, -0.15) is 0 Å². The minimum Gasteiger partial charge on any atom is -0.464 e. The van der Waals surface area contributed by atoms with E-state index in [-0.39, 0.29) is 17.9 Å². The van der Waals surface area contributed by atoms with Crippen molar-refractivity contribution in [3.63, 3.8) is 0 Å². The van der Waals surface area contributed by atoms with Crippen LogP contribution in [0.15, 0.2) is 33.5 Å². The molecule has 3 N–H and O–H groups in total. The second-order valence-corrected chi connectivity index (χ2v) is 6.17. The van der Waals surface area contributed by atoms with Crippen LogP contribution < -0.4 is 10.4 Å². The SMILES string of the molecule is CCOC(=O)C1OC(Oc2ccc3c(C)cc(=O)oc3c2)[C@@H](O)C(O)C1O. The normalized spacial score (nSPS) is 28.1. The molecule has 1 saturated heterocycles. The Kier molecular flexibility index (Phi) is 5.47. The fourth-order valence-electron chi connectivity index (χ4n) is 2.88. The van der Waals surface area contributed by atoms with Gasteiger partial charge in [0.2, 0.25) is 6.29 Å². The highest BCUT2D eigenvalue weighted by atomic mass is 16.7. The zero-order valence-corrected chi connectivity index (χ0v) is 14.7. The summed E-state index contributed by atoms with van der Waals surface area (Å²) in [5, 5.41) is 30.8. The fraction of sp³-hybridized carbons (Fsp3) is 0.444. The molecule has 5 atom stereocenters. The molecule has 146 valence electrons. The smallest absolute Gasteiger partial charge is 0.338 e. The number of hydrogen-bond donors (Lipinski definition) is 3. The van der Waals surface area contributed by atoms with E-state index in [0.29, 0.717) is 5.39 Å². The van der Waals surface area contributed by atoms with Crippen LogP contribution in [0.1, 0.15) is 12.5 Å². The average Bonchev–Trinajstić information content (AvgIpc) is 2.61. The van der Waals surface area contributed by atoms with Crippen molar-refractivity contribution in [2.24, 2.45) is 0 Å². The van der Waals surface area contributed by atoms with Crippen LogP contribution >= 0.6 is 0 Å². The number of carbonyl (C=O) groups is 1. The number of carbonyl (C=O) groups excluding carboxylic acids is 1. The molecular weight excluding hydrogens is 360 g/mol. The Morgan fingerprint density at radius 3 is 2.59 bits per heavy atom. The Morgan fingerprint density at radius 2 is 1.89 bits per heavy atom. The van der Waals surface area contributed by atoms with E-state index in [1.54, 1.807) is 26.0 Å². The quantitative estimate of drug-likeness (QED) is 0.489. The van der Waals surface area contributed by atoms with Crippen LogP contribution in [0.4, 0.5) is 0 Å². The monoisotopic (exact) mass is 380 g/mol. The standard InChI is InChI=1S/C18H20O9/c1-3-24-17(23)16-14(21)13(20)15(22)18(27-16)25-9-4-5-10-8(2)6-12(19)26-11(10)7-9/h4-7,13-16,18,20-22H,3H2,1-2H3/t13?,14?,15-,16?,18?/m0/s1. The Hall–Kier alpha value is -2.46. The van der Waals surface area contributed by atoms with Crippen molar-refractivity contribution >= 4 is 16.9 Å². The van der Waals surface area contributed by atoms with Crippen molar-refractivity contribution in [1.29, 1.82) is 0 Å². The summed E-state index contributed by atoms with van der Waals surface area (Å²) >= 11 is 0. The highest BCUT2D eigenvalue weighted by Crippen LogP contribution is 2.27. The molecule has 0 aliphatic carbocycles. The molecule has 1 fully saturated rings. The topological polar surface area (TPSA) is 136 Å². The highest BCUT2D eigenvalue weighted by molar-refractivity contribution is 5.81. The lowest BCUT2D eigenvalue weighted by molar-refractivity contribution is -0.272. The number of hydrogen-bond acceptors (Lipinski definition) is 9. The zero-order valence-electron chi connectivity index (χ0n) is 14.7. The van der Waals surface area contributed by atoms with Crippen LogP contribution in [0.2, 0.25) is 0 Å². The Morgan fingerprint density at radius 1 is 1.15 bits per heavy atom. The van der Waals surface area contributed by atoms with Crippen LogP contribution in [0.5, 0.6) is 5.75 Å². The maximum atomic E-state index is 11.9. The highest BCUT2D eigenvalue weighted by Gasteiger charge is 2.48. The van der Waals surface area contributed by atoms with Gasteiger partial charge in [-0.25, -0.2) is 9.59 Å². The van der Waals surface area contributed by atoms with Crippen molar-refractivity contribution in [2.45, 2.75) is 44.6 Å². The van der Waals surface area contributed by atoms with Crippen LogP contribution in [-0.2, 0) is 14.3 Å². The number of fused-ring (bicyclic) bond motifs is 1. The molecule has 1 aliphatic heterocycles. The lowest BCUT2D eigenvalue weighted by Gasteiger charge is -2.38. The van der Waals surface area contributed by atoms with Crippen molar-refractivity contribution in [2.75, 3.05) is 6.61 Å². The summed E-state index contributed by atoms with van der Waals surface area (Å²) in [5.74, 6) is -0.712. The second-order valence-electron chi connectivity index (χ2n) is 6.17. The third-order valence-electron chi connectivity index (χ3n) is 4.26.